The van der Waals surface area contributed by atoms with Crippen LogP contribution in [0.5, 0.6) is 11.5 Å². The van der Waals surface area contributed by atoms with Crippen molar-refractivity contribution in [2.75, 3.05) is 19.8 Å². The van der Waals surface area contributed by atoms with Crippen LogP contribution in [0.3, 0.4) is 0 Å². The van der Waals surface area contributed by atoms with Crippen LogP contribution in [0.4, 0.5) is 13.2 Å². The standard InChI is InChI=1S/C24H24F3NO7/c1-3-32-24(31)19-22(18-15(28-23(19)27)9-13(2)20(25)21(18)26)34-8-6-4-5-7-33-17-12-35-14(11-29)10-16(17)30/h9-10,12,29H,3-8,11H2,1-2H3. The summed E-state index contributed by atoms with van der Waals surface area (Å²) in [6.07, 6.45) is 2.55. The van der Waals surface area contributed by atoms with Gasteiger partial charge in [-0.15, -0.1) is 0 Å². The van der Waals surface area contributed by atoms with E-state index in [2.05, 4.69) is 4.98 Å². The molecule has 1 N–H and O–H groups in total. The van der Waals surface area contributed by atoms with E-state index in [0.717, 1.165) is 12.3 Å². The number of ether oxygens (including phenoxy) is 3. The minimum atomic E-state index is -1.30. The first-order chi connectivity index (χ1) is 16.8. The van der Waals surface area contributed by atoms with Crippen LogP contribution in [-0.4, -0.2) is 35.9 Å². The SMILES string of the molecule is CCOC(=O)c1c(F)nc2cc(C)c(F)c(F)c2c1OCCCCCOc1coc(CO)cc1=O. The molecule has 35 heavy (non-hydrogen) atoms. The quantitative estimate of drug-likeness (QED) is 0.239. The second-order valence-electron chi connectivity index (χ2n) is 7.53. The molecule has 0 saturated carbocycles. The second-order valence-corrected chi connectivity index (χ2v) is 7.53. The topological polar surface area (TPSA) is 108 Å². The summed E-state index contributed by atoms with van der Waals surface area (Å²) in [5.74, 6) is -5.12. The third kappa shape index (κ3) is 5.91. The van der Waals surface area contributed by atoms with Crippen LogP contribution in [0, 0.1) is 24.5 Å². The number of nitrogens with zero attached hydrogens (tertiary/aromatic N) is 1. The van der Waals surface area contributed by atoms with E-state index in [4.69, 9.17) is 23.7 Å². The highest BCUT2D eigenvalue weighted by atomic mass is 19.2. The molecule has 0 bridgehead atoms. The number of rotatable bonds is 11. The Kier molecular flexibility index (Phi) is 8.69. The maximum Gasteiger partial charge on any atom is 0.346 e. The highest BCUT2D eigenvalue weighted by molar-refractivity contribution is 6.00. The largest absolute Gasteiger partial charge is 0.492 e. The Balaban J connectivity index is 1.68. The third-order valence-corrected chi connectivity index (χ3v) is 5.03. The molecule has 2 heterocycles. The number of fused-ring (bicyclic) bond motifs is 1. The van der Waals surface area contributed by atoms with E-state index in [0.29, 0.717) is 19.3 Å². The zero-order valence-corrected chi connectivity index (χ0v) is 19.2. The van der Waals surface area contributed by atoms with Gasteiger partial charge in [-0.25, -0.2) is 18.6 Å². The fourth-order valence-electron chi connectivity index (χ4n) is 3.31. The number of unbranched alkanes of at least 4 members (excludes halogenated alkanes) is 2. The van der Waals surface area contributed by atoms with E-state index in [9.17, 15) is 22.8 Å². The van der Waals surface area contributed by atoms with E-state index >= 15 is 0 Å². The molecule has 0 unspecified atom stereocenters. The number of carbonyl (C=O) groups excluding carboxylic acids is 1. The number of carbonyl (C=O) groups is 1. The van der Waals surface area contributed by atoms with Crippen LogP contribution >= 0.6 is 0 Å². The number of pyridine rings is 1. The first kappa shape index (κ1) is 26.0. The van der Waals surface area contributed by atoms with Crippen molar-refractivity contribution >= 4 is 16.9 Å². The Bertz CT molecular complexity index is 1280. The van der Waals surface area contributed by atoms with Crippen LogP contribution in [0.15, 0.2) is 27.6 Å². The number of halogens is 3. The molecule has 0 aliphatic heterocycles. The minimum absolute atomic E-state index is 0.00375. The number of aryl methyl sites for hydroxylation is 1. The van der Waals surface area contributed by atoms with E-state index in [1.807, 2.05) is 0 Å². The lowest BCUT2D eigenvalue weighted by molar-refractivity contribution is 0.0515. The number of esters is 1. The number of aliphatic hydroxyl groups is 1. The zero-order valence-electron chi connectivity index (χ0n) is 19.2. The van der Waals surface area contributed by atoms with Crippen molar-refractivity contribution in [2.24, 2.45) is 0 Å². The molecule has 1 aromatic carbocycles. The molecule has 3 rings (SSSR count). The summed E-state index contributed by atoms with van der Waals surface area (Å²) in [6.45, 7) is 2.49. The average Bonchev–Trinajstić information content (AvgIpc) is 2.82. The van der Waals surface area contributed by atoms with Crippen molar-refractivity contribution in [2.45, 2.75) is 39.7 Å². The van der Waals surface area contributed by atoms with Crippen molar-refractivity contribution in [1.82, 2.24) is 4.98 Å². The monoisotopic (exact) mass is 495 g/mol. The van der Waals surface area contributed by atoms with Crippen LogP contribution in [0.25, 0.3) is 10.9 Å². The summed E-state index contributed by atoms with van der Waals surface area (Å²) in [7, 11) is 0. The zero-order chi connectivity index (χ0) is 25.5. The summed E-state index contributed by atoms with van der Waals surface area (Å²) >= 11 is 0. The lowest BCUT2D eigenvalue weighted by Crippen LogP contribution is -2.14. The van der Waals surface area contributed by atoms with Gasteiger partial charge in [0.2, 0.25) is 17.1 Å². The molecule has 0 aliphatic carbocycles. The molecule has 0 saturated heterocycles. The van der Waals surface area contributed by atoms with Gasteiger partial charge in [0.05, 0.1) is 30.7 Å². The van der Waals surface area contributed by atoms with Gasteiger partial charge in [-0.2, -0.15) is 4.39 Å². The van der Waals surface area contributed by atoms with Gasteiger partial charge in [-0.05, 0) is 44.7 Å². The minimum Gasteiger partial charge on any atom is -0.492 e. The fourth-order valence-corrected chi connectivity index (χ4v) is 3.31. The molecule has 0 amide bonds. The highest BCUT2D eigenvalue weighted by Gasteiger charge is 2.27. The van der Waals surface area contributed by atoms with Crippen LogP contribution < -0.4 is 14.9 Å². The summed E-state index contributed by atoms with van der Waals surface area (Å²) in [4.78, 5) is 27.7. The van der Waals surface area contributed by atoms with Crippen molar-refractivity contribution in [1.29, 1.82) is 0 Å². The Morgan fingerprint density at radius 1 is 1.09 bits per heavy atom. The number of aromatic nitrogens is 1. The van der Waals surface area contributed by atoms with Crippen LogP contribution in [0.1, 0.15) is 47.9 Å². The number of hydrogen-bond acceptors (Lipinski definition) is 8. The maximum atomic E-state index is 14.8. The molecule has 11 heteroatoms. The van der Waals surface area contributed by atoms with E-state index in [1.165, 1.54) is 19.9 Å². The smallest absolute Gasteiger partial charge is 0.346 e. The normalized spacial score (nSPS) is 11.0. The average molecular weight is 495 g/mol. The lowest BCUT2D eigenvalue weighted by atomic mass is 10.1. The van der Waals surface area contributed by atoms with Crippen molar-refractivity contribution in [3.05, 3.63) is 63.1 Å². The van der Waals surface area contributed by atoms with Gasteiger partial charge >= 0.3 is 5.97 Å². The van der Waals surface area contributed by atoms with E-state index < -0.39 is 52.3 Å². The first-order valence-corrected chi connectivity index (χ1v) is 10.9. The molecule has 0 atom stereocenters. The molecule has 188 valence electrons. The molecule has 3 aromatic rings. The highest BCUT2D eigenvalue weighted by Crippen LogP contribution is 2.35. The lowest BCUT2D eigenvalue weighted by Gasteiger charge is -2.15. The maximum absolute atomic E-state index is 14.8. The molecule has 0 spiro atoms. The number of benzene rings is 1. The molecule has 0 aliphatic rings. The summed E-state index contributed by atoms with van der Waals surface area (Å²) in [5, 5.41) is 8.50. The van der Waals surface area contributed by atoms with Gasteiger partial charge in [0, 0.05) is 6.07 Å². The molecule has 8 nitrogen and oxygen atoms in total. The van der Waals surface area contributed by atoms with E-state index in [-0.39, 0.29) is 42.4 Å². The first-order valence-electron chi connectivity index (χ1n) is 10.9. The number of aliphatic hydroxyl groups excluding tert-OH is 1. The van der Waals surface area contributed by atoms with Crippen LogP contribution in [0.2, 0.25) is 0 Å². The molecular weight excluding hydrogens is 471 g/mol. The predicted molar refractivity (Wildman–Crippen MR) is 118 cm³/mol. The van der Waals surface area contributed by atoms with Gasteiger partial charge in [0.1, 0.15) is 18.6 Å². The van der Waals surface area contributed by atoms with Crippen molar-refractivity contribution in [3.63, 3.8) is 0 Å². The molecular formula is C24H24F3NO7. The van der Waals surface area contributed by atoms with Crippen molar-refractivity contribution in [3.8, 4) is 11.5 Å². The van der Waals surface area contributed by atoms with Gasteiger partial charge < -0.3 is 23.7 Å². The third-order valence-electron chi connectivity index (χ3n) is 5.03. The van der Waals surface area contributed by atoms with Gasteiger partial charge in [-0.1, -0.05) is 0 Å². The van der Waals surface area contributed by atoms with Gasteiger partial charge in [0.15, 0.2) is 22.9 Å². The fraction of sp³-hybridized carbons (Fsp3) is 0.375. The second kappa shape index (κ2) is 11.7. The molecule has 0 radical (unpaired) electrons. The Morgan fingerprint density at radius 2 is 1.80 bits per heavy atom. The van der Waals surface area contributed by atoms with E-state index in [1.54, 1.807) is 0 Å². The Hall–Kier alpha value is -3.60. The van der Waals surface area contributed by atoms with Gasteiger partial charge in [-0.3, -0.25) is 4.79 Å². The Labute approximate surface area is 198 Å². The predicted octanol–water partition coefficient (Wildman–Crippen LogP) is 4.21. The molecule has 0 fully saturated rings. The van der Waals surface area contributed by atoms with Crippen LogP contribution in [-0.2, 0) is 11.3 Å². The summed E-state index contributed by atoms with van der Waals surface area (Å²) in [6, 6.07) is 2.30. The summed E-state index contributed by atoms with van der Waals surface area (Å²) in [5.41, 5.74) is -1.40. The molecule has 2 aromatic heterocycles. The number of hydrogen-bond donors (Lipinski definition) is 1. The van der Waals surface area contributed by atoms with Gasteiger partial charge in [0.25, 0.3) is 0 Å². The van der Waals surface area contributed by atoms with Crippen molar-refractivity contribution < 1.29 is 41.7 Å². The Morgan fingerprint density at radius 3 is 2.46 bits per heavy atom. The summed E-state index contributed by atoms with van der Waals surface area (Å²) < 4.78 is 64.4.